The number of rotatable bonds is 8. The minimum absolute atomic E-state index is 1.17. The predicted octanol–water partition coefficient (Wildman–Crippen LogP) is 7.38. The number of thiophene rings is 2. The fourth-order valence-corrected chi connectivity index (χ4v) is 15.2. The van der Waals surface area contributed by atoms with Crippen molar-refractivity contribution in [3.63, 3.8) is 0 Å². The summed E-state index contributed by atoms with van der Waals surface area (Å²) >= 11 is 11.4. The lowest BCUT2D eigenvalue weighted by Gasteiger charge is -2.30. The molecule has 0 nitrogen and oxygen atoms in total. The molecule has 0 amide bonds. The van der Waals surface area contributed by atoms with Gasteiger partial charge in [0.15, 0.2) is 8.07 Å². The van der Waals surface area contributed by atoms with Crippen molar-refractivity contribution in [3.05, 3.63) is 79.4 Å². The monoisotopic (exact) mass is 614 g/mol. The van der Waals surface area contributed by atoms with Crippen LogP contribution in [0.5, 0.6) is 0 Å². The third kappa shape index (κ3) is 4.18. The van der Waals surface area contributed by atoms with Gasteiger partial charge in [0.25, 0.3) is 0 Å². The molecule has 2 aromatic heterocycles. The fourth-order valence-electron chi connectivity index (χ4n) is 5.15. The number of hydrogen-bond donors (Lipinski definition) is 0. The van der Waals surface area contributed by atoms with Crippen molar-refractivity contribution in [2.75, 3.05) is 0 Å². The van der Waals surface area contributed by atoms with Crippen LogP contribution in [-0.4, -0.2) is 8.07 Å². The Bertz CT molecular complexity index is 1150. The Hall–Kier alpha value is -0.983. The summed E-state index contributed by atoms with van der Waals surface area (Å²) < 4.78 is 2.47. The first-order valence-corrected chi connectivity index (χ1v) is 17.1. The van der Waals surface area contributed by atoms with Crippen molar-refractivity contribution in [1.29, 1.82) is 0 Å². The van der Waals surface area contributed by atoms with E-state index in [1.807, 2.05) is 22.7 Å². The van der Waals surface area contributed by atoms with Crippen LogP contribution in [0.2, 0.25) is 0 Å². The van der Waals surface area contributed by atoms with Gasteiger partial charge in [-0.2, -0.15) is 0 Å². The zero-order valence-electron chi connectivity index (χ0n) is 19.1. The zero-order valence-corrected chi connectivity index (χ0v) is 24.9. The van der Waals surface area contributed by atoms with Gasteiger partial charge in [-0.25, -0.2) is 0 Å². The topological polar surface area (TPSA) is 0 Å². The molecule has 3 heterocycles. The standard InChI is InChI=1S/C28H28Br2S2Si/c1-3-5-7-19-9-13-21(14-10-19)33(22-15-11-20(12-16-22)8-6-4-2)23-17-25(29)31-27(23)28-24(33)18-26(30)32-28/h9-18H,3-8H2,1-2H3. The lowest BCUT2D eigenvalue weighted by atomic mass is 10.1. The lowest BCUT2D eigenvalue weighted by molar-refractivity contribution is 0.795. The van der Waals surface area contributed by atoms with Crippen LogP contribution < -0.4 is 20.7 Å². The second-order valence-electron chi connectivity index (χ2n) is 8.94. The molecule has 0 N–H and O–H groups in total. The molecule has 0 spiro atoms. The van der Waals surface area contributed by atoms with Gasteiger partial charge in [-0.1, -0.05) is 75.2 Å². The summed E-state index contributed by atoms with van der Waals surface area (Å²) in [4.78, 5) is 2.92. The second-order valence-corrected chi connectivity index (χ2v) is 17.5. The van der Waals surface area contributed by atoms with Crippen LogP contribution in [0.4, 0.5) is 0 Å². The van der Waals surface area contributed by atoms with Crippen molar-refractivity contribution >= 4 is 83.4 Å². The fraction of sp³-hybridized carbons (Fsp3) is 0.286. The molecule has 0 saturated carbocycles. The number of aryl methyl sites for hydroxylation is 2. The van der Waals surface area contributed by atoms with E-state index in [2.05, 4.69) is 106 Å². The molecule has 0 radical (unpaired) electrons. The summed E-state index contributed by atoms with van der Waals surface area (Å²) in [6, 6.07) is 24.1. The maximum atomic E-state index is 3.83. The molecule has 0 aliphatic carbocycles. The zero-order chi connectivity index (χ0) is 23.0. The van der Waals surface area contributed by atoms with Gasteiger partial charge in [-0.05, 0) is 102 Å². The Balaban J connectivity index is 1.71. The maximum absolute atomic E-state index is 3.83. The van der Waals surface area contributed by atoms with Crippen molar-refractivity contribution in [1.82, 2.24) is 0 Å². The van der Waals surface area contributed by atoms with Crippen molar-refractivity contribution in [2.45, 2.75) is 52.4 Å². The van der Waals surface area contributed by atoms with E-state index in [9.17, 15) is 0 Å². The number of halogens is 2. The van der Waals surface area contributed by atoms with Crippen LogP contribution in [0, 0.1) is 0 Å². The molecule has 0 bridgehead atoms. The molecular formula is C28H28Br2S2Si. The van der Waals surface area contributed by atoms with Crippen LogP contribution >= 0.6 is 54.5 Å². The van der Waals surface area contributed by atoms with Gasteiger partial charge >= 0.3 is 0 Å². The molecule has 0 unspecified atom stereocenters. The molecule has 4 aromatic rings. The minimum atomic E-state index is -2.33. The van der Waals surface area contributed by atoms with Crippen LogP contribution in [0.15, 0.2) is 68.2 Å². The summed E-state index contributed by atoms with van der Waals surface area (Å²) in [6.07, 6.45) is 7.32. The Morgan fingerprint density at radius 1 is 0.636 bits per heavy atom. The van der Waals surface area contributed by atoms with E-state index in [0.29, 0.717) is 0 Å². The summed E-state index contributed by atoms with van der Waals surface area (Å²) in [6.45, 7) is 4.54. The van der Waals surface area contributed by atoms with Gasteiger partial charge in [-0.15, -0.1) is 22.7 Å². The third-order valence-corrected chi connectivity index (χ3v) is 15.4. The van der Waals surface area contributed by atoms with Gasteiger partial charge in [0.1, 0.15) is 0 Å². The second kappa shape index (κ2) is 9.94. The third-order valence-electron chi connectivity index (χ3n) is 6.83. The summed E-state index contributed by atoms with van der Waals surface area (Å²) in [5.41, 5.74) is 2.91. The van der Waals surface area contributed by atoms with E-state index in [1.54, 1.807) is 10.4 Å². The first kappa shape index (κ1) is 23.7. The SMILES string of the molecule is CCCCc1ccc([Si]2(c3ccc(CCCC)cc3)c3cc(Br)sc3-c3sc(Br)cc32)cc1. The van der Waals surface area contributed by atoms with E-state index < -0.39 is 8.07 Å². The molecule has 0 fully saturated rings. The molecular weight excluding hydrogens is 588 g/mol. The summed E-state index contributed by atoms with van der Waals surface area (Å²) in [7, 11) is -2.33. The minimum Gasteiger partial charge on any atom is -0.127 e. The Labute approximate surface area is 223 Å². The normalized spacial score (nSPS) is 13.8. The van der Waals surface area contributed by atoms with E-state index in [0.717, 1.165) is 0 Å². The highest BCUT2D eigenvalue weighted by Crippen LogP contribution is 2.42. The molecule has 1 aliphatic heterocycles. The van der Waals surface area contributed by atoms with E-state index in [1.165, 1.54) is 77.4 Å². The van der Waals surface area contributed by atoms with Gasteiger partial charge < -0.3 is 0 Å². The predicted molar refractivity (Wildman–Crippen MR) is 157 cm³/mol. The van der Waals surface area contributed by atoms with Gasteiger partial charge in [-0.3, -0.25) is 0 Å². The van der Waals surface area contributed by atoms with Crippen molar-refractivity contribution < 1.29 is 0 Å². The van der Waals surface area contributed by atoms with E-state index >= 15 is 0 Å². The number of fused-ring (bicyclic) bond motifs is 3. The molecule has 5 rings (SSSR count). The van der Waals surface area contributed by atoms with Crippen LogP contribution in [-0.2, 0) is 12.8 Å². The summed E-state index contributed by atoms with van der Waals surface area (Å²) in [5.74, 6) is 0. The molecule has 5 heteroatoms. The molecule has 170 valence electrons. The molecule has 0 atom stereocenters. The highest BCUT2D eigenvalue weighted by molar-refractivity contribution is 9.11. The smallest absolute Gasteiger partial charge is 0.127 e. The molecule has 33 heavy (non-hydrogen) atoms. The Morgan fingerprint density at radius 3 is 1.39 bits per heavy atom. The van der Waals surface area contributed by atoms with Gasteiger partial charge in [0.05, 0.1) is 7.57 Å². The molecule has 0 saturated heterocycles. The number of hydrogen-bond acceptors (Lipinski definition) is 2. The highest BCUT2D eigenvalue weighted by atomic mass is 79.9. The van der Waals surface area contributed by atoms with Crippen LogP contribution in [0.1, 0.15) is 50.7 Å². The van der Waals surface area contributed by atoms with E-state index in [4.69, 9.17) is 0 Å². The van der Waals surface area contributed by atoms with Crippen molar-refractivity contribution in [3.8, 4) is 9.75 Å². The quantitative estimate of drug-likeness (QED) is 0.160. The van der Waals surface area contributed by atoms with Crippen LogP contribution in [0.3, 0.4) is 0 Å². The largest absolute Gasteiger partial charge is 0.182 e. The highest BCUT2D eigenvalue weighted by Gasteiger charge is 2.51. The summed E-state index contributed by atoms with van der Waals surface area (Å²) in [5, 5.41) is 6.10. The average molecular weight is 617 g/mol. The lowest BCUT2D eigenvalue weighted by Crippen LogP contribution is -2.72. The Kier molecular flexibility index (Phi) is 7.15. The van der Waals surface area contributed by atoms with Gasteiger partial charge in [0.2, 0.25) is 0 Å². The van der Waals surface area contributed by atoms with Gasteiger partial charge in [0, 0.05) is 9.75 Å². The van der Waals surface area contributed by atoms with Crippen molar-refractivity contribution in [2.24, 2.45) is 0 Å². The Morgan fingerprint density at radius 2 is 1.03 bits per heavy atom. The molecule has 1 aliphatic rings. The maximum Gasteiger partial charge on any atom is 0.182 e. The average Bonchev–Trinajstić information content (AvgIpc) is 3.46. The first-order chi connectivity index (χ1) is 16.1. The van der Waals surface area contributed by atoms with E-state index in [-0.39, 0.29) is 0 Å². The van der Waals surface area contributed by atoms with Crippen LogP contribution in [0.25, 0.3) is 9.75 Å². The molecule has 2 aromatic carbocycles. The first-order valence-electron chi connectivity index (χ1n) is 11.9. The number of unbranched alkanes of at least 4 members (excludes halogenated alkanes) is 2. The number of benzene rings is 2.